The molecule has 0 aliphatic carbocycles. The summed E-state index contributed by atoms with van der Waals surface area (Å²) in [4.78, 5) is 23.5. The largest absolute Gasteiger partial charge is 0.496 e. The third-order valence-corrected chi connectivity index (χ3v) is 3.37. The van der Waals surface area contributed by atoms with Crippen LogP contribution in [0.1, 0.15) is 28.4 Å². The molecule has 0 spiro atoms. The summed E-state index contributed by atoms with van der Waals surface area (Å²) in [5, 5.41) is 2.87. The first-order chi connectivity index (χ1) is 10.6. The van der Waals surface area contributed by atoms with Crippen molar-refractivity contribution < 1.29 is 14.3 Å². The minimum atomic E-state index is -0.108. The predicted octanol–water partition coefficient (Wildman–Crippen LogP) is 2.76. The van der Waals surface area contributed by atoms with Gasteiger partial charge in [-0.1, -0.05) is 30.3 Å². The maximum absolute atomic E-state index is 12.1. The highest BCUT2D eigenvalue weighted by molar-refractivity contribution is 5.94. The number of hydrogen-bond donors (Lipinski definition) is 1. The van der Waals surface area contributed by atoms with Crippen molar-refractivity contribution in [2.24, 2.45) is 0 Å². The van der Waals surface area contributed by atoms with Gasteiger partial charge >= 0.3 is 0 Å². The molecule has 0 heterocycles. The summed E-state index contributed by atoms with van der Waals surface area (Å²) in [7, 11) is 1.55. The fourth-order valence-corrected chi connectivity index (χ4v) is 2.17. The van der Waals surface area contributed by atoms with Gasteiger partial charge in [0.1, 0.15) is 5.75 Å². The van der Waals surface area contributed by atoms with Gasteiger partial charge in [0.05, 0.1) is 13.5 Å². The molecule has 2 rings (SSSR count). The highest BCUT2D eigenvalue weighted by atomic mass is 16.5. The van der Waals surface area contributed by atoms with Crippen LogP contribution in [0, 0.1) is 0 Å². The van der Waals surface area contributed by atoms with Gasteiger partial charge < -0.3 is 10.1 Å². The average Bonchev–Trinajstić information content (AvgIpc) is 2.53. The molecular weight excluding hydrogens is 278 g/mol. The van der Waals surface area contributed by atoms with Crippen molar-refractivity contribution in [2.75, 3.05) is 7.11 Å². The van der Waals surface area contributed by atoms with Gasteiger partial charge in [0.25, 0.3) is 0 Å². The number of Topliss-reactive ketones (excluding diaryl/α,β-unsaturated/α-hetero) is 1. The lowest BCUT2D eigenvalue weighted by molar-refractivity contribution is -0.120. The van der Waals surface area contributed by atoms with E-state index >= 15 is 0 Å². The Bertz CT molecular complexity index is 665. The van der Waals surface area contributed by atoms with E-state index in [1.54, 1.807) is 25.3 Å². The van der Waals surface area contributed by atoms with Crippen molar-refractivity contribution in [1.29, 1.82) is 0 Å². The van der Waals surface area contributed by atoms with Crippen LogP contribution in [-0.4, -0.2) is 18.8 Å². The van der Waals surface area contributed by atoms with Crippen LogP contribution in [0.3, 0.4) is 0 Å². The molecule has 0 bridgehead atoms. The van der Waals surface area contributed by atoms with Crippen molar-refractivity contribution in [3.63, 3.8) is 0 Å². The SMILES string of the molecule is COc1ccc(C(C)=O)cc1CC(=O)NCc1ccccc1. The Balaban J connectivity index is 2.04. The lowest BCUT2D eigenvalue weighted by Crippen LogP contribution is -2.24. The summed E-state index contributed by atoms with van der Waals surface area (Å²) >= 11 is 0. The molecule has 2 aromatic carbocycles. The minimum Gasteiger partial charge on any atom is -0.496 e. The Morgan fingerprint density at radius 2 is 1.82 bits per heavy atom. The fourth-order valence-electron chi connectivity index (χ4n) is 2.17. The van der Waals surface area contributed by atoms with Gasteiger partial charge in [0.15, 0.2) is 5.78 Å². The molecule has 0 radical (unpaired) electrons. The first-order valence-electron chi connectivity index (χ1n) is 7.08. The minimum absolute atomic E-state index is 0.0337. The smallest absolute Gasteiger partial charge is 0.224 e. The van der Waals surface area contributed by atoms with E-state index in [1.165, 1.54) is 6.92 Å². The maximum atomic E-state index is 12.1. The molecule has 1 N–H and O–H groups in total. The first-order valence-corrected chi connectivity index (χ1v) is 7.08. The summed E-state index contributed by atoms with van der Waals surface area (Å²) in [6.45, 7) is 1.98. The summed E-state index contributed by atoms with van der Waals surface area (Å²) < 4.78 is 5.25. The second kappa shape index (κ2) is 7.41. The number of carbonyl (C=O) groups excluding carboxylic acids is 2. The second-order valence-electron chi connectivity index (χ2n) is 5.02. The summed E-state index contributed by atoms with van der Waals surface area (Å²) in [5.41, 5.74) is 2.33. The number of methoxy groups -OCH3 is 1. The van der Waals surface area contributed by atoms with Gasteiger partial charge in [-0.3, -0.25) is 9.59 Å². The number of benzene rings is 2. The monoisotopic (exact) mass is 297 g/mol. The van der Waals surface area contributed by atoms with Crippen LogP contribution in [0.5, 0.6) is 5.75 Å². The van der Waals surface area contributed by atoms with Crippen molar-refractivity contribution in [3.05, 3.63) is 65.2 Å². The van der Waals surface area contributed by atoms with Crippen LogP contribution in [0.2, 0.25) is 0 Å². The second-order valence-corrected chi connectivity index (χ2v) is 5.02. The van der Waals surface area contributed by atoms with E-state index in [4.69, 9.17) is 4.74 Å². The Labute approximate surface area is 130 Å². The van der Waals surface area contributed by atoms with E-state index in [-0.39, 0.29) is 18.1 Å². The Kier molecular flexibility index (Phi) is 5.31. The molecule has 22 heavy (non-hydrogen) atoms. The maximum Gasteiger partial charge on any atom is 0.224 e. The molecular formula is C18H19NO3. The zero-order valence-electron chi connectivity index (χ0n) is 12.8. The zero-order valence-corrected chi connectivity index (χ0v) is 12.8. The van der Waals surface area contributed by atoms with Crippen LogP contribution in [-0.2, 0) is 17.8 Å². The lowest BCUT2D eigenvalue weighted by Gasteiger charge is -2.10. The van der Waals surface area contributed by atoms with Crippen molar-refractivity contribution in [3.8, 4) is 5.75 Å². The van der Waals surface area contributed by atoms with Crippen molar-refractivity contribution in [1.82, 2.24) is 5.32 Å². The van der Waals surface area contributed by atoms with Crippen LogP contribution in [0.4, 0.5) is 0 Å². The van der Waals surface area contributed by atoms with Crippen molar-refractivity contribution in [2.45, 2.75) is 19.9 Å². The molecule has 0 atom stereocenters. The first kappa shape index (κ1) is 15.8. The van der Waals surface area contributed by atoms with E-state index < -0.39 is 0 Å². The molecule has 0 saturated carbocycles. The molecule has 0 saturated heterocycles. The molecule has 0 aliphatic heterocycles. The molecule has 4 nitrogen and oxygen atoms in total. The van der Waals surface area contributed by atoms with E-state index in [9.17, 15) is 9.59 Å². The topological polar surface area (TPSA) is 55.4 Å². The Morgan fingerprint density at radius 1 is 1.09 bits per heavy atom. The number of carbonyl (C=O) groups is 2. The average molecular weight is 297 g/mol. The number of hydrogen-bond acceptors (Lipinski definition) is 3. The van der Waals surface area contributed by atoms with Crippen LogP contribution in [0.15, 0.2) is 48.5 Å². The van der Waals surface area contributed by atoms with Crippen molar-refractivity contribution >= 4 is 11.7 Å². The summed E-state index contributed by atoms with van der Waals surface area (Å²) in [6.07, 6.45) is 0.178. The van der Waals surface area contributed by atoms with E-state index in [1.807, 2.05) is 30.3 Å². The van der Waals surface area contributed by atoms with Gasteiger partial charge in [-0.2, -0.15) is 0 Å². The van der Waals surface area contributed by atoms with Gasteiger partial charge in [0, 0.05) is 17.7 Å². The normalized spacial score (nSPS) is 10.1. The zero-order chi connectivity index (χ0) is 15.9. The standard InChI is InChI=1S/C18H19NO3/c1-13(20)15-8-9-17(22-2)16(10-15)11-18(21)19-12-14-6-4-3-5-7-14/h3-10H,11-12H2,1-2H3,(H,19,21). The Morgan fingerprint density at radius 3 is 2.45 bits per heavy atom. The van der Waals surface area contributed by atoms with E-state index in [0.29, 0.717) is 23.4 Å². The molecule has 114 valence electrons. The number of ketones is 1. The van der Waals surface area contributed by atoms with Gasteiger partial charge in [-0.25, -0.2) is 0 Å². The number of nitrogens with one attached hydrogen (secondary N) is 1. The molecule has 0 fully saturated rings. The van der Waals surface area contributed by atoms with Crippen LogP contribution in [0.25, 0.3) is 0 Å². The van der Waals surface area contributed by atoms with E-state index in [2.05, 4.69) is 5.32 Å². The Hall–Kier alpha value is -2.62. The fraction of sp³-hybridized carbons (Fsp3) is 0.222. The number of ether oxygens (including phenoxy) is 1. The quantitative estimate of drug-likeness (QED) is 0.834. The highest BCUT2D eigenvalue weighted by Gasteiger charge is 2.11. The predicted molar refractivity (Wildman–Crippen MR) is 85.0 cm³/mol. The van der Waals surface area contributed by atoms with Crippen LogP contribution < -0.4 is 10.1 Å². The highest BCUT2D eigenvalue weighted by Crippen LogP contribution is 2.20. The summed E-state index contributed by atoms with van der Waals surface area (Å²) in [5.74, 6) is 0.469. The number of rotatable bonds is 6. The lowest BCUT2D eigenvalue weighted by atomic mass is 10.0. The third-order valence-electron chi connectivity index (χ3n) is 3.37. The molecule has 2 aromatic rings. The molecule has 0 unspecified atom stereocenters. The van der Waals surface area contributed by atoms with Crippen LogP contribution >= 0.6 is 0 Å². The summed E-state index contributed by atoms with van der Waals surface area (Å²) in [6, 6.07) is 14.8. The third kappa shape index (κ3) is 4.19. The van der Waals surface area contributed by atoms with Gasteiger partial charge in [-0.05, 0) is 30.7 Å². The van der Waals surface area contributed by atoms with Gasteiger partial charge in [-0.15, -0.1) is 0 Å². The molecule has 4 heteroatoms. The molecule has 0 aliphatic rings. The van der Waals surface area contributed by atoms with E-state index in [0.717, 1.165) is 5.56 Å². The number of amides is 1. The molecule has 0 aromatic heterocycles. The van der Waals surface area contributed by atoms with Gasteiger partial charge in [0.2, 0.25) is 5.91 Å². The molecule has 1 amide bonds.